The highest BCUT2D eigenvalue weighted by Gasteiger charge is 2.30. The Morgan fingerprint density at radius 3 is 2.44 bits per heavy atom. The Labute approximate surface area is 224 Å². The highest BCUT2D eigenvalue weighted by molar-refractivity contribution is 5.97. The predicted molar refractivity (Wildman–Crippen MR) is 139 cm³/mol. The van der Waals surface area contributed by atoms with Crippen LogP contribution in [0, 0.1) is 5.92 Å². The molecule has 1 aliphatic rings. The molecule has 1 atom stereocenters. The van der Waals surface area contributed by atoms with Gasteiger partial charge in [0.2, 0.25) is 0 Å². The fourth-order valence-corrected chi connectivity index (χ4v) is 4.12. The Kier molecular flexibility index (Phi) is 8.63. The van der Waals surface area contributed by atoms with E-state index in [0.717, 1.165) is 24.1 Å². The normalized spacial score (nSPS) is 13.8. The summed E-state index contributed by atoms with van der Waals surface area (Å²) in [6.07, 6.45) is -3.75. The average Bonchev–Trinajstić information content (AvgIpc) is 3.15. The van der Waals surface area contributed by atoms with Crippen molar-refractivity contribution in [3.63, 3.8) is 0 Å². The van der Waals surface area contributed by atoms with Crippen molar-refractivity contribution in [3.05, 3.63) is 83.4 Å². The van der Waals surface area contributed by atoms with Crippen molar-refractivity contribution in [2.45, 2.75) is 32.5 Å². The van der Waals surface area contributed by atoms with Gasteiger partial charge < -0.3 is 24.8 Å². The molecule has 10 heteroatoms. The second kappa shape index (κ2) is 12.1. The topological polar surface area (TPSA) is 85.9 Å². The molecule has 0 bridgehead atoms. The van der Waals surface area contributed by atoms with Gasteiger partial charge in [-0.25, -0.2) is 0 Å². The highest BCUT2D eigenvalue weighted by Crippen LogP contribution is 2.35. The molecule has 7 nitrogen and oxygen atoms in total. The van der Waals surface area contributed by atoms with Crippen LogP contribution in [0.4, 0.5) is 18.9 Å². The van der Waals surface area contributed by atoms with Gasteiger partial charge in [0, 0.05) is 12.1 Å². The van der Waals surface area contributed by atoms with Gasteiger partial charge in [0.15, 0.2) is 18.1 Å². The molecule has 0 unspecified atom stereocenters. The van der Waals surface area contributed by atoms with Gasteiger partial charge in [-0.2, -0.15) is 13.2 Å². The molecule has 4 rings (SSSR count). The van der Waals surface area contributed by atoms with E-state index in [9.17, 15) is 22.8 Å². The summed E-state index contributed by atoms with van der Waals surface area (Å²) in [4.78, 5) is 25.7. The molecule has 1 aliphatic heterocycles. The summed E-state index contributed by atoms with van der Waals surface area (Å²) in [6, 6.07) is 16.0. The van der Waals surface area contributed by atoms with Crippen molar-refractivity contribution >= 4 is 17.5 Å². The van der Waals surface area contributed by atoms with Crippen LogP contribution in [0.25, 0.3) is 0 Å². The van der Waals surface area contributed by atoms with Gasteiger partial charge >= 0.3 is 6.18 Å². The first-order chi connectivity index (χ1) is 18.6. The van der Waals surface area contributed by atoms with Crippen LogP contribution in [-0.2, 0) is 11.0 Å². The van der Waals surface area contributed by atoms with E-state index in [1.807, 2.05) is 32.0 Å². The second-order valence-electron chi connectivity index (χ2n) is 9.36. The standard InChI is InChI=1S/C29H29F3N2O5/c1-18(2)27(19-11-12-24-25(15-19)38-14-6-13-37-24)34-28(36)22-9-3-4-10-23(22)39-17-26(35)33-21-8-5-7-20(16-21)29(30,31)32/h3-5,7-12,15-16,18,27H,6,13-14,17H2,1-2H3,(H,33,35)(H,34,36)/t27-/m0/s1. The van der Waals surface area contributed by atoms with E-state index in [1.165, 1.54) is 12.1 Å². The summed E-state index contributed by atoms with van der Waals surface area (Å²) in [7, 11) is 0. The molecule has 0 radical (unpaired) electrons. The van der Waals surface area contributed by atoms with Crippen LogP contribution in [0.3, 0.4) is 0 Å². The highest BCUT2D eigenvalue weighted by atomic mass is 19.4. The zero-order valence-corrected chi connectivity index (χ0v) is 21.5. The van der Waals surface area contributed by atoms with Crippen molar-refractivity contribution in [2.24, 2.45) is 5.92 Å². The van der Waals surface area contributed by atoms with Gasteiger partial charge in [0.25, 0.3) is 11.8 Å². The zero-order chi connectivity index (χ0) is 28.0. The quantitative estimate of drug-likeness (QED) is 0.364. The summed E-state index contributed by atoms with van der Waals surface area (Å²) in [6.45, 7) is 4.58. The minimum atomic E-state index is -4.53. The fourth-order valence-electron chi connectivity index (χ4n) is 4.12. The lowest BCUT2D eigenvalue weighted by Crippen LogP contribution is -2.32. The number of carbonyl (C=O) groups is 2. The number of ether oxygens (including phenoxy) is 3. The Bertz CT molecular complexity index is 1330. The molecule has 0 aliphatic carbocycles. The van der Waals surface area contributed by atoms with Gasteiger partial charge in [-0.1, -0.05) is 38.1 Å². The second-order valence-corrected chi connectivity index (χ2v) is 9.36. The minimum Gasteiger partial charge on any atom is -0.490 e. The number of hydrogen-bond acceptors (Lipinski definition) is 5. The molecule has 0 aromatic heterocycles. The van der Waals surface area contributed by atoms with Crippen LogP contribution in [-0.4, -0.2) is 31.6 Å². The number of hydrogen-bond donors (Lipinski definition) is 2. The zero-order valence-electron chi connectivity index (χ0n) is 21.5. The lowest BCUT2D eigenvalue weighted by molar-refractivity contribution is -0.137. The van der Waals surface area contributed by atoms with E-state index in [4.69, 9.17) is 14.2 Å². The van der Waals surface area contributed by atoms with E-state index < -0.39 is 30.2 Å². The molecule has 1 heterocycles. The summed E-state index contributed by atoms with van der Waals surface area (Å²) >= 11 is 0. The third kappa shape index (κ3) is 7.22. The van der Waals surface area contributed by atoms with Crippen molar-refractivity contribution in [3.8, 4) is 17.2 Å². The summed E-state index contributed by atoms with van der Waals surface area (Å²) in [5, 5.41) is 5.42. The first-order valence-electron chi connectivity index (χ1n) is 12.5. The molecule has 3 aromatic rings. The number of carbonyl (C=O) groups excluding carboxylic acids is 2. The Morgan fingerprint density at radius 1 is 0.949 bits per heavy atom. The van der Waals surface area contributed by atoms with Crippen LogP contribution in [0.1, 0.15) is 47.8 Å². The van der Waals surface area contributed by atoms with Crippen LogP contribution in [0.15, 0.2) is 66.7 Å². The Hall–Kier alpha value is -4.21. The van der Waals surface area contributed by atoms with E-state index in [2.05, 4.69) is 10.6 Å². The van der Waals surface area contributed by atoms with Gasteiger partial charge in [-0.05, 0) is 53.9 Å². The Morgan fingerprint density at radius 2 is 1.69 bits per heavy atom. The van der Waals surface area contributed by atoms with E-state index in [-0.39, 0.29) is 29.0 Å². The molecule has 0 fully saturated rings. The summed E-state index contributed by atoms with van der Waals surface area (Å²) in [5.41, 5.74) is 0.168. The molecule has 2 N–H and O–H groups in total. The third-order valence-electron chi connectivity index (χ3n) is 6.05. The lowest BCUT2D eigenvalue weighted by atomic mass is 9.95. The first kappa shape index (κ1) is 27.8. The maximum atomic E-state index is 13.3. The van der Waals surface area contributed by atoms with Crippen LogP contribution in [0.5, 0.6) is 17.2 Å². The molecular weight excluding hydrogens is 513 g/mol. The van der Waals surface area contributed by atoms with Gasteiger partial charge in [-0.15, -0.1) is 0 Å². The maximum absolute atomic E-state index is 13.3. The molecule has 39 heavy (non-hydrogen) atoms. The van der Waals surface area contributed by atoms with Crippen molar-refractivity contribution in [1.29, 1.82) is 0 Å². The number of fused-ring (bicyclic) bond motifs is 1. The monoisotopic (exact) mass is 542 g/mol. The number of nitrogens with one attached hydrogen (secondary N) is 2. The molecule has 0 saturated heterocycles. The molecule has 0 spiro atoms. The molecule has 2 amide bonds. The fraction of sp³-hybridized carbons (Fsp3) is 0.310. The Balaban J connectivity index is 1.44. The van der Waals surface area contributed by atoms with Crippen molar-refractivity contribution < 1.29 is 37.0 Å². The van der Waals surface area contributed by atoms with Gasteiger partial charge in [0.1, 0.15) is 5.75 Å². The van der Waals surface area contributed by atoms with Gasteiger partial charge in [-0.3, -0.25) is 9.59 Å². The number of anilines is 1. The largest absolute Gasteiger partial charge is 0.490 e. The number of para-hydroxylation sites is 1. The molecule has 3 aromatic carbocycles. The summed E-state index contributed by atoms with van der Waals surface area (Å²) < 4.78 is 55.9. The lowest BCUT2D eigenvalue weighted by Gasteiger charge is -2.24. The minimum absolute atomic E-state index is 0.0145. The number of halogens is 3. The first-order valence-corrected chi connectivity index (χ1v) is 12.5. The molecule has 206 valence electrons. The van der Waals surface area contributed by atoms with Crippen LogP contribution < -0.4 is 24.8 Å². The molecular formula is C29H29F3N2O5. The molecule has 0 saturated carbocycles. The van der Waals surface area contributed by atoms with E-state index in [0.29, 0.717) is 24.7 Å². The van der Waals surface area contributed by atoms with Crippen molar-refractivity contribution in [2.75, 3.05) is 25.1 Å². The third-order valence-corrected chi connectivity index (χ3v) is 6.05. The van der Waals surface area contributed by atoms with Crippen LogP contribution in [0.2, 0.25) is 0 Å². The van der Waals surface area contributed by atoms with E-state index >= 15 is 0 Å². The number of amides is 2. The average molecular weight is 543 g/mol. The number of benzene rings is 3. The number of alkyl halides is 3. The van der Waals surface area contributed by atoms with Gasteiger partial charge in [0.05, 0.1) is 30.4 Å². The van der Waals surface area contributed by atoms with E-state index in [1.54, 1.807) is 24.3 Å². The predicted octanol–water partition coefficient (Wildman–Crippen LogP) is 6.01. The van der Waals surface area contributed by atoms with Crippen molar-refractivity contribution in [1.82, 2.24) is 5.32 Å². The smallest absolute Gasteiger partial charge is 0.416 e. The SMILES string of the molecule is CC(C)[C@H](NC(=O)c1ccccc1OCC(=O)Nc1cccc(C(F)(F)F)c1)c1ccc2c(c1)OCCCO2. The summed E-state index contributed by atoms with van der Waals surface area (Å²) in [5.74, 6) is 0.402. The number of rotatable bonds is 8. The van der Waals surface area contributed by atoms with Crippen LogP contribution >= 0.6 is 0 Å². The maximum Gasteiger partial charge on any atom is 0.416 e.